The summed E-state index contributed by atoms with van der Waals surface area (Å²) >= 11 is 0. The van der Waals surface area contributed by atoms with Gasteiger partial charge in [0.2, 0.25) is 5.91 Å². The Labute approximate surface area is 160 Å². The second kappa shape index (κ2) is 7.36. The van der Waals surface area contributed by atoms with Crippen LogP contribution in [0.5, 0.6) is 0 Å². The zero-order valence-electron chi connectivity index (χ0n) is 14.9. The number of carbonyl (C=O) groups excluding carboxylic acids is 1. The molecule has 4 aromatic rings. The van der Waals surface area contributed by atoms with Crippen LogP contribution in [-0.2, 0) is 11.2 Å². The molecule has 28 heavy (non-hydrogen) atoms. The summed E-state index contributed by atoms with van der Waals surface area (Å²) in [5.74, 6) is 0.354. The van der Waals surface area contributed by atoms with E-state index in [9.17, 15) is 9.59 Å². The second-order valence-corrected chi connectivity index (χ2v) is 6.30. The van der Waals surface area contributed by atoms with Crippen molar-refractivity contribution < 1.29 is 9.21 Å². The maximum absolute atomic E-state index is 13.1. The van der Waals surface area contributed by atoms with Crippen LogP contribution >= 0.6 is 0 Å². The van der Waals surface area contributed by atoms with Gasteiger partial charge in [0.25, 0.3) is 0 Å². The standard InChI is InChI=1S/C22H17N3O3/c23-19-12-15(10-11-24-19)25-20(26)13-17-21(27)16-8-4-5-9-18(16)28-22(17)14-6-2-1-3-7-14/h1-12H,13H2,(H3,23,24,25,26). The quantitative estimate of drug-likeness (QED) is 0.571. The van der Waals surface area contributed by atoms with E-state index in [1.54, 1.807) is 36.4 Å². The van der Waals surface area contributed by atoms with Crippen molar-refractivity contribution in [3.05, 3.63) is 88.7 Å². The molecular weight excluding hydrogens is 354 g/mol. The predicted octanol–water partition coefficient (Wildman–Crippen LogP) is 3.62. The smallest absolute Gasteiger partial charge is 0.229 e. The summed E-state index contributed by atoms with van der Waals surface area (Å²) < 4.78 is 6.02. The maximum Gasteiger partial charge on any atom is 0.229 e. The van der Waals surface area contributed by atoms with Crippen LogP contribution in [0.3, 0.4) is 0 Å². The lowest BCUT2D eigenvalue weighted by molar-refractivity contribution is -0.115. The van der Waals surface area contributed by atoms with E-state index in [-0.39, 0.29) is 17.8 Å². The average Bonchev–Trinajstić information content (AvgIpc) is 2.70. The van der Waals surface area contributed by atoms with Gasteiger partial charge in [0, 0.05) is 23.5 Å². The lowest BCUT2D eigenvalue weighted by atomic mass is 10.0. The molecule has 0 bridgehead atoms. The fourth-order valence-electron chi connectivity index (χ4n) is 3.06. The molecule has 6 nitrogen and oxygen atoms in total. The number of rotatable bonds is 4. The summed E-state index contributed by atoms with van der Waals surface area (Å²) in [4.78, 5) is 29.6. The molecule has 2 aromatic heterocycles. The zero-order valence-corrected chi connectivity index (χ0v) is 14.9. The van der Waals surface area contributed by atoms with Crippen LogP contribution in [0.4, 0.5) is 11.5 Å². The molecule has 0 aliphatic heterocycles. The number of aromatic nitrogens is 1. The molecule has 4 rings (SSSR count). The topological polar surface area (TPSA) is 98.2 Å². The van der Waals surface area contributed by atoms with E-state index < -0.39 is 0 Å². The summed E-state index contributed by atoms with van der Waals surface area (Å²) in [5.41, 5.74) is 7.48. The fraction of sp³-hybridized carbons (Fsp3) is 0.0455. The highest BCUT2D eigenvalue weighted by atomic mass is 16.3. The minimum absolute atomic E-state index is 0.125. The summed E-state index contributed by atoms with van der Waals surface area (Å²) in [5, 5.41) is 3.19. The lowest BCUT2D eigenvalue weighted by Gasteiger charge is -2.11. The van der Waals surface area contributed by atoms with Gasteiger partial charge in [-0.1, -0.05) is 42.5 Å². The van der Waals surface area contributed by atoms with Crippen molar-refractivity contribution in [1.29, 1.82) is 0 Å². The highest BCUT2D eigenvalue weighted by Gasteiger charge is 2.18. The van der Waals surface area contributed by atoms with Crippen molar-refractivity contribution in [2.45, 2.75) is 6.42 Å². The number of benzene rings is 2. The zero-order chi connectivity index (χ0) is 19.5. The van der Waals surface area contributed by atoms with Gasteiger partial charge in [-0.15, -0.1) is 0 Å². The number of para-hydroxylation sites is 1. The van der Waals surface area contributed by atoms with E-state index in [4.69, 9.17) is 10.2 Å². The number of carbonyl (C=O) groups is 1. The van der Waals surface area contributed by atoms with Crippen LogP contribution in [0, 0.1) is 0 Å². The van der Waals surface area contributed by atoms with Gasteiger partial charge in [0.1, 0.15) is 17.2 Å². The molecule has 0 aliphatic carbocycles. The molecule has 138 valence electrons. The van der Waals surface area contributed by atoms with Crippen molar-refractivity contribution in [2.24, 2.45) is 0 Å². The molecule has 0 spiro atoms. The van der Waals surface area contributed by atoms with E-state index in [2.05, 4.69) is 10.3 Å². The number of amides is 1. The number of hydrogen-bond acceptors (Lipinski definition) is 5. The van der Waals surface area contributed by atoms with Gasteiger partial charge in [-0.05, 0) is 18.2 Å². The molecule has 2 heterocycles. The van der Waals surface area contributed by atoms with Crippen molar-refractivity contribution in [1.82, 2.24) is 4.98 Å². The first-order valence-electron chi connectivity index (χ1n) is 8.73. The Hall–Kier alpha value is -3.93. The third-order valence-electron chi connectivity index (χ3n) is 4.33. The summed E-state index contributed by atoms with van der Waals surface area (Å²) in [6.07, 6.45) is 1.38. The van der Waals surface area contributed by atoms with E-state index in [0.29, 0.717) is 33.8 Å². The molecule has 0 saturated heterocycles. The first kappa shape index (κ1) is 17.5. The van der Waals surface area contributed by atoms with Gasteiger partial charge in [-0.2, -0.15) is 0 Å². The first-order valence-corrected chi connectivity index (χ1v) is 8.73. The normalized spacial score (nSPS) is 10.7. The monoisotopic (exact) mass is 371 g/mol. The molecule has 0 radical (unpaired) electrons. The molecule has 1 amide bonds. The van der Waals surface area contributed by atoms with Crippen molar-refractivity contribution in [3.63, 3.8) is 0 Å². The highest BCUT2D eigenvalue weighted by Crippen LogP contribution is 2.26. The second-order valence-electron chi connectivity index (χ2n) is 6.30. The molecule has 2 aromatic carbocycles. The van der Waals surface area contributed by atoms with Crippen LogP contribution in [-0.4, -0.2) is 10.9 Å². The Balaban J connectivity index is 1.77. The third kappa shape index (κ3) is 3.48. The van der Waals surface area contributed by atoms with E-state index in [1.807, 2.05) is 30.3 Å². The van der Waals surface area contributed by atoms with E-state index in [1.165, 1.54) is 6.20 Å². The molecule has 0 atom stereocenters. The Morgan fingerprint density at radius 1 is 1.04 bits per heavy atom. The van der Waals surface area contributed by atoms with Crippen molar-refractivity contribution in [3.8, 4) is 11.3 Å². The summed E-state index contributed by atoms with van der Waals surface area (Å²) in [7, 11) is 0. The van der Waals surface area contributed by atoms with Gasteiger partial charge < -0.3 is 15.5 Å². The number of fused-ring (bicyclic) bond motifs is 1. The van der Waals surface area contributed by atoms with Gasteiger partial charge in [-0.3, -0.25) is 9.59 Å². The fourth-order valence-corrected chi connectivity index (χ4v) is 3.06. The van der Waals surface area contributed by atoms with Gasteiger partial charge in [0.05, 0.1) is 17.4 Å². The van der Waals surface area contributed by atoms with Gasteiger partial charge in [0.15, 0.2) is 5.43 Å². The number of nitrogens with one attached hydrogen (secondary N) is 1. The number of nitrogens with two attached hydrogens (primary N) is 1. The van der Waals surface area contributed by atoms with E-state index in [0.717, 1.165) is 5.56 Å². The van der Waals surface area contributed by atoms with Gasteiger partial charge >= 0.3 is 0 Å². The SMILES string of the molecule is Nc1cc(NC(=O)Cc2c(-c3ccccc3)oc3ccccc3c2=O)ccn1. The molecule has 0 saturated carbocycles. The average molecular weight is 371 g/mol. The number of nitrogens with zero attached hydrogens (tertiary/aromatic N) is 1. The number of pyridine rings is 1. The molecule has 0 fully saturated rings. The minimum Gasteiger partial charge on any atom is -0.456 e. The Kier molecular flexibility index (Phi) is 4.60. The number of hydrogen-bond donors (Lipinski definition) is 2. The maximum atomic E-state index is 13.1. The van der Waals surface area contributed by atoms with Crippen LogP contribution in [0.25, 0.3) is 22.3 Å². The minimum atomic E-state index is -0.342. The van der Waals surface area contributed by atoms with Crippen LogP contribution < -0.4 is 16.5 Å². The summed E-state index contributed by atoms with van der Waals surface area (Å²) in [6.45, 7) is 0. The number of nitrogen functional groups attached to an aromatic ring is 1. The van der Waals surface area contributed by atoms with Crippen LogP contribution in [0.1, 0.15) is 5.56 Å². The molecular formula is C22H17N3O3. The molecule has 6 heteroatoms. The summed E-state index contributed by atoms with van der Waals surface area (Å²) in [6, 6.07) is 19.5. The molecule has 0 aliphatic rings. The molecule has 0 unspecified atom stereocenters. The molecule has 3 N–H and O–H groups in total. The number of anilines is 2. The van der Waals surface area contributed by atoms with E-state index >= 15 is 0 Å². The Morgan fingerprint density at radius 3 is 2.57 bits per heavy atom. The van der Waals surface area contributed by atoms with Crippen molar-refractivity contribution >= 4 is 28.4 Å². The third-order valence-corrected chi connectivity index (χ3v) is 4.33. The van der Waals surface area contributed by atoms with Crippen LogP contribution in [0.2, 0.25) is 0 Å². The first-order chi connectivity index (χ1) is 13.6. The van der Waals surface area contributed by atoms with Crippen molar-refractivity contribution in [2.75, 3.05) is 11.1 Å². The highest BCUT2D eigenvalue weighted by molar-refractivity contribution is 5.94. The van der Waals surface area contributed by atoms with Gasteiger partial charge in [-0.25, -0.2) is 4.98 Å². The Bertz CT molecular complexity index is 1220. The largest absolute Gasteiger partial charge is 0.456 e. The lowest BCUT2D eigenvalue weighted by Crippen LogP contribution is -2.21. The predicted molar refractivity (Wildman–Crippen MR) is 109 cm³/mol. The Morgan fingerprint density at radius 2 is 1.79 bits per heavy atom. The van der Waals surface area contributed by atoms with Crippen LogP contribution in [0.15, 0.2) is 82.1 Å².